The molecule has 0 bridgehead atoms. The van der Waals surface area contributed by atoms with E-state index in [0.717, 1.165) is 34.8 Å². The first kappa shape index (κ1) is 20.3. The molecule has 5 nitrogen and oxygen atoms in total. The third-order valence-corrected chi connectivity index (χ3v) is 4.70. The van der Waals surface area contributed by atoms with Crippen molar-refractivity contribution in [2.45, 2.75) is 33.0 Å². The lowest BCUT2D eigenvalue weighted by Crippen LogP contribution is -2.44. The molecule has 1 aromatic carbocycles. The zero-order valence-electron chi connectivity index (χ0n) is 13.9. The fourth-order valence-corrected chi connectivity index (χ4v) is 2.67. The highest BCUT2D eigenvalue weighted by atomic mass is 32.2. The van der Waals surface area contributed by atoms with Crippen LogP contribution in [0.1, 0.15) is 26.3 Å². The fourth-order valence-electron chi connectivity index (χ4n) is 1.81. The van der Waals surface area contributed by atoms with E-state index in [9.17, 15) is 26.4 Å². The first-order valence-corrected chi connectivity index (χ1v) is 9.11. The van der Waals surface area contributed by atoms with Gasteiger partial charge >= 0.3 is 6.18 Å². The minimum atomic E-state index is -4.52. The molecule has 1 rings (SSSR count). The molecule has 0 saturated carbocycles. The Morgan fingerprint density at radius 2 is 1.67 bits per heavy atom. The summed E-state index contributed by atoms with van der Waals surface area (Å²) in [5.74, 6) is -0.367. The van der Waals surface area contributed by atoms with Gasteiger partial charge in [-0.3, -0.25) is 9.10 Å². The predicted molar refractivity (Wildman–Crippen MR) is 86.1 cm³/mol. The summed E-state index contributed by atoms with van der Waals surface area (Å²) >= 11 is 0. The molecule has 0 saturated heterocycles. The van der Waals surface area contributed by atoms with E-state index in [2.05, 4.69) is 5.32 Å². The maximum absolute atomic E-state index is 12.6. The average molecular weight is 366 g/mol. The summed E-state index contributed by atoms with van der Waals surface area (Å²) in [6.45, 7) is 5.08. The minimum Gasteiger partial charge on any atom is -0.352 e. The van der Waals surface area contributed by atoms with Crippen molar-refractivity contribution in [3.05, 3.63) is 29.8 Å². The van der Waals surface area contributed by atoms with E-state index in [4.69, 9.17) is 0 Å². The normalized spacial score (nSPS) is 13.7. The summed E-state index contributed by atoms with van der Waals surface area (Å²) in [6.07, 6.45) is -3.62. The van der Waals surface area contributed by atoms with Crippen LogP contribution in [0.5, 0.6) is 0 Å². The Morgan fingerprint density at radius 1 is 1.17 bits per heavy atom. The largest absolute Gasteiger partial charge is 0.416 e. The quantitative estimate of drug-likeness (QED) is 0.842. The Bertz CT molecular complexity index is 670. The molecule has 0 aliphatic rings. The first-order chi connectivity index (χ1) is 10.8. The Labute approximate surface area is 139 Å². The molecule has 0 spiro atoms. The van der Waals surface area contributed by atoms with Crippen LogP contribution in [0.2, 0.25) is 0 Å². The van der Waals surface area contributed by atoms with Crippen LogP contribution in [0.25, 0.3) is 0 Å². The molecule has 136 valence electrons. The van der Waals surface area contributed by atoms with Crippen LogP contribution >= 0.6 is 0 Å². The van der Waals surface area contributed by atoms with Gasteiger partial charge in [0.1, 0.15) is 6.54 Å². The van der Waals surface area contributed by atoms with Crippen molar-refractivity contribution < 1.29 is 26.4 Å². The van der Waals surface area contributed by atoms with E-state index in [1.54, 1.807) is 6.92 Å². The van der Waals surface area contributed by atoms with Crippen molar-refractivity contribution in [1.82, 2.24) is 5.32 Å². The Morgan fingerprint density at radius 3 is 2.04 bits per heavy atom. The van der Waals surface area contributed by atoms with E-state index < -0.39 is 34.2 Å². The number of sulfonamides is 1. The van der Waals surface area contributed by atoms with E-state index in [-0.39, 0.29) is 17.6 Å². The zero-order chi connectivity index (χ0) is 18.7. The van der Waals surface area contributed by atoms with Crippen molar-refractivity contribution in [3.63, 3.8) is 0 Å². The van der Waals surface area contributed by atoms with E-state index in [1.165, 1.54) is 0 Å². The topological polar surface area (TPSA) is 66.5 Å². The van der Waals surface area contributed by atoms with Crippen LogP contribution in [0.15, 0.2) is 24.3 Å². The molecule has 1 amide bonds. The van der Waals surface area contributed by atoms with Crippen molar-refractivity contribution in [2.24, 2.45) is 5.92 Å². The lowest BCUT2D eigenvalue weighted by Gasteiger charge is -2.24. The van der Waals surface area contributed by atoms with Gasteiger partial charge in [-0.15, -0.1) is 0 Å². The number of nitrogens with one attached hydrogen (secondary N) is 1. The van der Waals surface area contributed by atoms with Gasteiger partial charge in [-0.2, -0.15) is 13.2 Å². The number of carbonyl (C=O) groups excluding carboxylic acids is 1. The molecule has 0 heterocycles. The average Bonchev–Trinajstić information content (AvgIpc) is 2.42. The third kappa shape index (κ3) is 5.70. The molecule has 1 aromatic rings. The van der Waals surface area contributed by atoms with Gasteiger partial charge in [-0.05, 0) is 37.1 Å². The second-order valence-corrected chi connectivity index (χ2v) is 7.82. The third-order valence-electron chi connectivity index (χ3n) is 3.56. The van der Waals surface area contributed by atoms with Crippen LogP contribution in [-0.4, -0.2) is 33.2 Å². The maximum atomic E-state index is 12.6. The van der Waals surface area contributed by atoms with Crippen LogP contribution in [-0.2, 0) is 21.0 Å². The molecule has 0 aromatic heterocycles. The Balaban J connectivity index is 3.01. The van der Waals surface area contributed by atoms with Gasteiger partial charge in [-0.25, -0.2) is 8.42 Å². The summed E-state index contributed by atoms with van der Waals surface area (Å²) in [5, 5.41) is 2.66. The Hall–Kier alpha value is -1.77. The molecule has 9 heteroatoms. The molecule has 0 radical (unpaired) electrons. The lowest BCUT2D eigenvalue weighted by molar-refractivity contribution is -0.137. The molecule has 0 fully saturated rings. The monoisotopic (exact) mass is 366 g/mol. The van der Waals surface area contributed by atoms with Crippen LogP contribution < -0.4 is 9.62 Å². The second kappa shape index (κ2) is 7.42. The van der Waals surface area contributed by atoms with Gasteiger partial charge in [0, 0.05) is 6.04 Å². The number of rotatable bonds is 6. The lowest BCUT2D eigenvalue weighted by atomic mass is 10.1. The van der Waals surface area contributed by atoms with Crippen molar-refractivity contribution >= 4 is 21.6 Å². The summed E-state index contributed by atoms with van der Waals surface area (Å²) in [6, 6.07) is 3.46. The fraction of sp³-hybridized carbons (Fsp3) is 0.533. The summed E-state index contributed by atoms with van der Waals surface area (Å²) < 4.78 is 62.3. The number of amides is 1. The van der Waals surface area contributed by atoms with Gasteiger partial charge in [0.05, 0.1) is 17.5 Å². The molecule has 0 unspecified atom stereocenters. The highest BCUT2D eigenvalue weighted by Crippen LogP contribution is 2.30. The number of carbonyl (C=O) groups is 1. The van der Waals surface area contributed by atoms with E-state index >= 15 is 0 Å². The number of hydrogen-bond donors (Lipinski definition) is 1. The summed E-state index contributed by atoms with van der Waals surface area (Å²) in [4.78, 5) is 12.0. The predicted octanol–water partition coefficient (Wildman–Crippen LogP) is 2.63. The molecular weight excluding hydrogens is 345 g/mol. The maximum Gasteiger partial charge on any atom is 0.416 e. The van der Waals surface area contributed by atoms with E-state index in [0.29, 0.717) is 0 Å². The first-order valence-electron chi connectivity index (χ1n) is 7.26. The smallest absolute Gasteiger partial charge is 0.352 e. The summed E-state index contributed by atoms with van der Waals surface area (Å²) in [5.41, 5.74) is -0.893. The van der Waals surface area contributed by atoms with Crippen molar-refractivity contribution in [3.8, 4) is 0 Å². The zero-order valence-corrected chi connectivity index (χ0v) is 14.7. The van der Waals surface area contributed by atoms with Gasteiger partial charge in [-0.1, -0.05) is 13.8 Å². The number of nitrogens with zero attached hydrogens (tertiary/aromatic N) is 1. The number of alkyl halides is 3. The minimum absolute atomic E-state index is 0.00199. The highest BCUT2D eigenvalue weighted by Gasteiger charge is 2.31. The molecule has 0 aliphatic heterocycles. The van der Waals surface area contributed by atoms with E-state index in [1.807, 2.05) is 13.8 Å². The number of halogens is 3. The van der Waals surface area contributed by atoms with Crippen LogP contribution in [0.4, 0.5) is 18.9 Å². The molecular formula is C15H21F3N2O3S. The SMILES string of the molecule is CC(C)[C@H](C)NC(=O)CN(c1ccc(C(F)(F)F)cc1)S(C)(=O)=O. The summed E-state index contributed by atoms with van der Waals surface area (Å²) in [7, 11) is -3.83. The van der Waals surface area contributed by atoms with Crippen molar-refractivity contribution in [2.75, 3.05) is 17.1 Å². The molecule has 0 aliphatic carbocycles. The number of anilines is 1. The van der Waals surface area contributed by atoms with Gasteiger partial charge in [0.25, 0.3) is 0 Å². The van der Waals surface area contributed by atoms with Crippen molar-refractivity contribution in [1.29, 1.82) is 0 Å². The number of benzene rings is 1. The molecule has 1 N–H and O–H groups in total. The van der Waals surface area contributed by atoms with Crippen LogP contribution in [0.3, 0.4) is 0 Å². The van der Waals surface area contributed by atoms with Gasteiger partial charge < -0.3 is 5.32 Å². The van der Waals surface area contributed by atoms with Gasteiger partial charge in [0.15, 0.2) is 0 Å². The molecule has 1 atom stereocenters. The molecule has 24 heavy (non-hydrogen) atoms. The van der Waals surface area contributed by atoms with Crippen LogP contribution in [0, 0.1) is 5.92 Å². The van der Waals surface area contributed by atoms with Gasteiger partial charge in [0.2, 0.25) is 15.9 Å². The number of hydrogen-bond acceptors (Lipinski definition) is 3. The second-order valence-electron chi connectivity index (χ2n) is 5.91. The highest BCUT2D eigenvalue weighted by molar-refractivity contribution is 7.92. The Kier molecular flexibility index (Phi) is 6.26. The standard InChI is InChI=1S/C15H21F3N2O3S/c1-10(2)11(3)19-14(21)9-20(24(4,22)23)13-7-5-12(6-8-13)15(16,17)18/h5-8,10-11H,9H2,1-4H3,(H,19,21)/t11-/m0/s1.